The highest BCUT2D eigenvalue weighted by Crippen LogP contribution is 2.28. The number of carbonyl (C=O) groups excluding carboxylic acids is 1. The Hall–Kier alpha value is -1.76. The summed E-state index contributed by atoms with van der Waals surface area (Å²) >= 11 is 1.31. The van der Waals surface area contributed by atoms with E-state index < -0.39 is 0 Å². The molecule has 2 rings (SSSR count). The van der Waals surface area contributed by atoms with Crippen LogP contribution in [-0.4, -0.2) is 25.9 Å². The lowest BCUT2D eigenvalue weighted by Crippen LogP contribution is -2.23. The van der Waals surface area contributed by atoms with E-state index in [4.69, 9.17) is 10.2 Å². The molecule has 7 heteroatoms. The van der Waals surface area contributed by atoms with Gasteiger partial charge in [-0.15, -0.1) is 10.2 Å². The van der Waals surface area contributed by atoms with Crippen LogP contribution in [0, 0.1) is 6.92 Å². The van der Waals surface area contributed by atoms with E-state index in [2.05, 4.69) is 10.2 Å². The molecule has 0 aromatic carbocycles. The molecule has 0 saturated carbocycles. The average molecular weight is 280 g/mol. The molecule has 0 saturated heterocycles. The monoisotopic (exact) mass is 280 g/mol. The number of carbonyl (C=O) groups is 1. The molecule has 0 fully saturated rings. The van der Waals surface area contributed by atoms with Crippen LogP contribution in [0.4, 0.5) is 0 Å². The summed E-state index contributed by atoms with van der Waals surface area (Å²) in [5.41, 5.74) is 6.18. The number of primary amides is 1. The van der Waals surface area contributed by atoms with Gasteiger partial charge in [0.15, 0.2) is 11.0 Å². The molecule has 2 aromatic heterocycles. The summed E-state index contributed by atoms with van der Waals surface area (Å²) in [6.45, 7) is 6.34. The summed E-state index contributed by atoms with van der Waals surface area (Å²) in [5, 5.41) is 8.66. The average Bonchev–Trinajstić information content (AvgIpc) is 2.94. The van der Waals surface area contributed by atoms with Crippen molar-refractivity contribution in [2.24, 2.45) is 5.73 Å². The van der Waals surface area contributed by atoms with Gasteiger partial charge in [-0.1, -0.05) is 11.8 Å². The van der Waals surface area contributed by atoms with Crippen molar-refractivity contribution in [3.63, 3.8) is 0 Å². The smallest absolute Gasteiger partial charge is 0.230 e. The third-order valence-electron chi connectivity index (χ3n) is 2.82. The Labute approximate surface area is 115 Å². The quantitative estimate of drug-likeness (QED) is 0.844. The lowest BCUT2D eigenvalue weighted by atomic mass is 10.2. The molecule has 1 atom stereocenters. The van der Waals surface area contributed by atoms with Gasteiger partial charge < -0.3 is 14.7 Å². The summed E-state index contributed by atoms with van der Waals surface area (Å²) in [4.78, 5) is 11.1. The Morgan fingerprint density at radius 1 is 1.58 bits per heavy atom. The highest BCUT2D eigenvalue weighted by atomic mass is 32.2. The molecule has 0 aliphatic heterocycles. The molecule has 2 N–H and O–H groups in total. The number of hydrogen-bond donors (Lipinski definition) is 1. The molecule has 6 nitrogen and oxygen atoms in total. The molecule has 2 aromatic rings. The van der Waals surface area contributed by atoms with Crippen LogP contribution in [-0.2, 0) is 11.3 Å². The number of thioether (sulfide) groups is 1. The second-order valence-corrected chi connectivity index (χ2v) is 5.41. The Morgan fingerprint density at radius 2 is 2.32 bits per heavy atom. The fourth-order valence-electron chi connectivity index (χ4n) is 1.69. The minimum atomic E-state index is -0.364. The maximum Gasteiger partial charge on any atom is 0.230 e. The number of hydrogen-bond acceptors (Lipinski definition) is 5. The van der Waals surface area contributed by atoms with E-state index in [1.807, 2.05) is 24.5 Å². The largest absolute Gasteiger partial charge is 0.469 e. The standard InChI is InChI=1S/C12H16N4O2S/c1-4-16-11(9-5-6-18-7(9)2)14-15-12(16)19-8(3)10(13)17/h5-6,8H,4H2,1-3H3,(H2,13,17)/t8-/m0/s1. The van der Waals surface area contributed by atoms with Gasteiger partial charge in [0.1, 0.15) is 5.76 Å². The van der Waals surface area contributed by atoms with Crippen LogP contribution in [0.3, 0.4) is 0 Å². The van der Waals surface area contributed by atoms with E-state index >= 15 is 0 Å². The molecule has 0 spiro atoms. The normalized spacial score (nSPS) is 12.6. The van der Waals surface area contributed by atoms with Crippen molar-refractivity contribution in [2.45, 2.75) is 37.7 Å². The van der Waals surface area contributed by atoms with E-state index in [9.17, 15) is 4.79 Å². The highest BCUT2D eigenvalue weighted by molar-refractivity contribution is 8.00. The van der Waals surface area contributed by atoms with Crippen LogP contribution >= 0.6 is 11.8 Å². The molecule has 0 radical (unpaired) electrons. The summed E-state index contributed by atoms with van der Waals surface area (Å²) in [6, 6.07) is 1.86. The maximum atomic E-state index is 11.1. The van der Waals surface area contributed by atoms with Gasteiger partial charge in [0.2, 0.25) is 5.91 Å². The van der Waals surface area contributed by atoms with Crippen LogP contribution in [0.5, 0.6) is 0 Å². The Balaban J connectivity index is 2.36. The lowest BCUT2D eigenvalue weighted by molar-refractivity contribution is -0.117. The molecular weight excluding hydrogens is 264 g/mol. The fraction of sp³-hybridized carbons (Fsp3) is 0.417. The van der Waals surface area contributed by atoms with Gasteiger partial charge >= 0.3 is 0 Å². The second-order valence-electron chi connectivity index (χ2n) is 4.10. The van der Waals surface area contributed by atoms with Crippen molar-refractivity contribution in [3.8, 4) is 11.4 Å². The second kappa shape index (κ2) is 5.48. The van der Waals surface area contributed by atoms with E-state index in [0.29, 0.717) is 11.7 Å². The summed E-state index contributed by atoms with van der Waals surface area (Å²) < 4.78 is 7.23. The summed E-state index contributed by atoms with van der Waals surface area (Å²) in [7, 11) is 0. The van der Waals surface area contributed by atoms with Gasteiger partial charge in [0, 0.05) is 6.54 Å². The lowest BCUT2D eigenvalue weighted by Gasteiger charge is -2.09. The molecule has 0 unspecified atom stereocenters. The topological polar surface area (TPSA) is 86.9 Å². The maximum absolute atomic E-state index is 11.1. The Bertz CT molecular complexity index is 590. The number of aryl methyl sites for hydroxylation is 1. The van der Waals surface area contributed by atoms with Crippen molar-refractivity contribution >= 4 is 17.7 Å². The van der Waals surface area contributed by atoms with Crippen molar-refractivity contribution in [3.05, 3.63) is 18.1 Å². The number of rotatable bonds is 5. The van der Waals surface area contributed by atoms with Crippen LogP contribution in [0.1, 0.15) is 19.6 Å². The highest BCUT2D eigenvalue weighted by Gasteiger charge is 2.19. The number of nitrogens with two attached hydrogens (primary N) is 1. The first-order valence-electron chi connectivity index (χ1n) is 5.98. The molecule has 0 bridgehead atoms. The minimum absolute atomic E-state index is 0.340. The predicted molar refractivity (Wildman–Crippen MR) is 72.6 cm³/mol. The van der Waals surface area contributed by atoms with E-state index in [0.717, 1.165) is 17.1 Å². The fourth-order valence-corrected chi connectivity index (χ4v) is 2.56. The zero-order valence-electron chi connectivity index (χ0n) is 11.1. The molecule has 102 valence electrons. The number of amides is 1. The summed E-state index contributed by atoms with van der Waals surface area (Å²) in [6.07, 6.45) is 1.62. The Morgan fingerprint density at radius 3 is 2.84 bits per heavy atom. The van der Waals surface area contributed by atoms with Crippen LogP contribution in [0.2, 0.25) is 0 Å². The third-order valence-corrected chi connectivity index (χ3v) is 3.91. The van der Waals surface area contributed by atoms with Crippen molar-refractivity contribution < 1.29 is 9.21 Å². The third kappa shape index (κ3) is 2.65. The molecule has 1 amide bonds. The van der Waals surface area contributed by atoms with E-state index in [1.165, 1.54) is 11.8 Å². The zero-order valence-corrected chi connectivity index (χ0v) is 11.9. The van der Waals surface area contributed by atoms with Crippen LogP contribution < -0.4 is 5.73 Å². The summed E-state index contributed by atoms with van der Waals surface area (Å²) in [5.74, 6) is 1.17. The van der Waals surface area contributed by atoms with E-state index in [-0.39, 0.29) is 11.2 Å². The first-order valence-corrected chi connectivity index (χ1v) is 6.86. The van der Waals surface area contributed by atoms with E-state index in [1.54, 1.807) is 13.2 Å². The minimum Gasteiger partial charge on any atom is -0.469 e. The Kier molecular flexibility index (Phi) is 3.94. The van der Waals surface area contributed by atoms with Crippen molar-refractivity contribution in [1.82, 2.24) is 14.8 Å². The first kappa shape index (κ1) is 13.7. The van der Waals surface area contributed by atoms with Crippen LogP contribution in [0.25, 0.3) is 11.4 Å². The van der Waals surface area contributed by atoms with Gasteiger partial charge in [-0.3, -0.25) is 4.79 Å². The number of furan rings is 1. The SMILES string of the molecule is CCn1c(S[C@@H](C)C(N)=O)nnc1-c1ccoc1C. The molecule has 19 heavy (non-hydrogen) atoms. The van der Waals surface area contributed by atoms with Gasteiger partial charge in [0.25, 0.3) is 0 Å². The first-order chi connectivity index (χ1) is 9.04. The van der Waals surface area contributed by atoms with Crippen LogP contribution in [0.15, 0.2) is 21.9 Å². The predicted octanol–water partition coefficient (Wildman–Crippen LogP) is 1.83. The van der Waals surface area contributed by atoms with Gasteiger partial charge in [0.05, 0.1) is 17.1 Å². The number of aromatic nitrogens is 3. The van der Waals surface area contributed by atoms with Crippen molar-refractivity contribution in [1.29, 1.82) is 0 Å². The molecule has 0 aliphatic rings. The van der Waals surface area contributed by atoms with Gasteiger partial charge in [-0.05, 0) is 26.8 Å². The van der Waals surface area contributed by atoms with Crippen molar-refractivity contribution in [2.75, 3.05) is 0 Å². The van der Waals surface area contributed by atoms with Gasteiger partial charge in [-0.2, -0.15) is 0 Å². The molecular formula is C12H16N4O2S. The molecule has 2 heterocycles. The number of nitrogens with zero attached hydrogens (tertiary/aromatic N) is 3. The van der Waals surface area contributed by atoms with Gasteiger partial charge in [-0.25, -0.2) is 0 Å². The molecule has 0 aliphatic carbocycles. The zero-order chi connectivity index (χ0) is 14.0.